The second-order valence-electron chi connectivity index (χ2n) is 4.39. The van der Waals surface area contributed by atoms with Crippen molar-refractivity contribution < 1.29 is 10.0 Å². The number of amides is 1. The Labute approximate surface area is 94.8 Å². The van der Waals surface area contributed by atoms with Crippen LogP contribution in [-0.2, 0) is 4.79 Å². The van der Waals surface area contributed by atoms with Crippen molar-refractivity contribution in [3.8, 4) is 0 Å². The van der Waals surface area contributed by atoms with E-state index in [1.54, 1.807) is 5.48 Å². The van der Waals surface area contributed by atoms with E-state index >= 15 is 0 Å². The molecule has 3 heteroatoms. The molecule has 0 bridgehead atoms. The number of hydrogen-bond donors (Lipinski definition) is 2. The first-order valence-corrected chi connectivity index (χ1v) is 5.37. The lowest BCUT2D eigenvalue weighted by atomic mass is 9.89. The van der Waals surface area contributed by atoms with Gasteiger partial charge in [-0.15, -0.1) is 0 Å². The standard InChI is InChI=1S/C13H15NO2/c1-13(12(15)14-16)8-7-11(9-13)10-5-3-2-4-6-10/h2-6,9,16H,7-8H2,1H3,(H,14,15)/t13-/m0/s1. The number of carbonyl (C=O) groups is 1. The smallest absolute Gasteiger partial charge is 0.253 e. The maximum atomic E-state index is 11.5. The Morgan fingerprint density at radius 2 is 2.06 bits per heavy atom. The molecule has 0 saturated carbocycles. The molecule has 0 spiro atoms. The minimum absolute atomic E-state index is 0.335. The first-order chi connectivity index (χ1) is 7.65. The molecule has 0 saturated heterocycles. The Balaban J connectivity index is 2.28. The minimum Gasteiger partial charge on any atom is -0.289 e. The number of benzene rings is 1. The summed E-state index contributed by atoms with van der Waals surface area (Å²) in [5.74, 6) is -0.335. The molecule has 0 radical (unpaired) electrons. The average molecular weight is 217 g/mol. The maximum Gasteiger partial charge on any atom is 0.253 e. The number of rotatable bonds is 2. The quantitative estimate of drug-likeness (QED) is 0.590. The summed E-state index contributed by atoms with van der Waals surface area (Å²) in [4.78, 5) is 11.5. The van der Waals surface area contributed by atoms with Crippen molar-refractivity contribution in [2.45, 2.75) is 19.8 Å². The predicted molar refractivity (Wildman–Crippen MR) is 61.7 cm³/mol. The normalized spacial score (nSPS) is 24.0. The van der Waals surface area contributed by atoms with E-state index in [1.807, 2.05) is 43.3 Å². The van der Waals surface area contributed by atoms with Gasteiger partial charge in [-0.2, -0.15) is 0 Å². The fourth-order valence-corrected chi connectivity index (χ4v) is 2.11. The van der Waals surface area contributed by atoms with Gasteiger partial charge in [-0.05, 0) is 30.9 Å². The van der Waals surface area contributed by atoms with E-state index in [9.17, 15) is 4.79 Å². The van der Waals surface area contributed by atoms with Gasteiger partial charge in [0.05, 0.1) is 5.41 Å². The molecule has 1 amide bonds. The van der Waals surface area contributed by atoms with Gasteiger partial charge in [-0.1, -0.05) is 36.4 Å². The van der Waals surface area contributed by atoms with E-state index in [0.717, 1.165) is 18.4 Å². The maximum absolute atomic E-state index is 11.5. The SMILES string of the molecule is C[C@@]1(C(=O)NO)C=C(c2ccccc2)CC1. The molecule has 0 heterocycles. The third-order valence-corrected chi connectivity index (χ3v) is 3.17. The average Bonchev–Trinajstić information content (AvgIpc) is 2.73. The summed E-state index contributed by atoms with van der Waals surface area (Å²) in [7, 11) is 0. The van der Waals surface area contributed by atoms with Crippen molar-refractivity contribution in [3.63, 3.8) is 0 Å². The van der Waals surface area contributed by atoms with Crippen molar-refractivity contribution >= 4 is 11.5 Å². The molecule has 0 fully saturated rings. The molecule has 1 aliphatic carbocycles. The molecule has 3 nitrogen and oxygen atoms in total. The molecule has 1 atom stereocenters. The third-order valence-electron chi connectivity index (χ3n) is 3.17. The van der Waals surface area contributed by atoms with Gasteiger partial charge in [0.2, 0.25) is 0 Å². The van der Waals surface area contributed by atoms with Gasteiger partial charge < -0.3 is 0 Å². The fourth-order valence-electron chi connectivity index (χ4n) is 2.11. The van der Waals surface area contributed by atoms with Gasteiger partial charge in [-0.3, -0.25) is 10.0 Å². The monoisotopic (exact) mass is 217 g/mol. The molecule has 1 aromatic carbocycles. The second-order valence-corrected chi connectivity index (χ2v) is 4.39. The van der Waals surface area contributed by atoms with E-state index < -0.39 is 5.41 Å². The van der Waals surface area contributed by atoms with Crippen LogP contribution >= 0.6 is 0 Å². The van der Waals surface area contributed by atoms with Crippen LogP contribution in [0.5, 0.6) is 0 Å². The van der Waals surface area contributed by atoms with Crippen molar-refractivity contribution in [3.05, 3.63) is 42.0 Å². The van der Waals surface area contributed by atoms with E-state index in [4.69, 9.17) is 5.21 Å². The summed E-state index contributed by atoms with van der Waals surface area (Å²) in [6.45, 7) is 1.84. The van der Waals surface area contributed by atoms with Crippen molar-refractivity contribution in [2.24, 2.45) is 5.41 Å². The summed E-state index contributed by atoms with van der Waals surface area (Å²) >= 11 is 0. The Morgan fingerprint density at radius 1 is 1.38 bits per heavy atom. The number of carbonyl (C=O) groups excluding carboxylic acids is 1. The molecular weight excluding hydrogens is 202 g/mol. The van der Waals surface area contributed by atoms with Crippen LogP contribution in [0.3, 0.4) is 0 Å². The topological polar surface area (TPSA) is 49.3 Å². The molecule has 1 aliphatic rings. The van der Waals surface area contributed by atoms with Gasteiger partial charge >= 0.3 is 0 Å². The Hall–Kier alpha value is -1.61. The molecule has 0 unspecified atom stereocenters. The van der Waals surface area contributed by atoms with Crippen LogP contribution in [0.1, 0.15) is 25.3 Å². The summed E-state index contributed by atoms with van der Waals surface area (Å²) in [6, 6.07) is 10.0. The fraction of sp³-hybridized carbons (Fsp3) is 0.308. The number of hydrogen-bond acceptors (Lipinski definition) is 2. The van der Waals surface area contributed by atoms with E-state index in [-0.39, 0.29) is 5.91 Å². The van der Waals surface area contributed by atoms with Crippen LogP contribution in [0, 0.1) is 5.41 Å². The Morgan fingerprint density at radius 3 is 2.69 bits per heavy atom. The van der Waals surface area contributed by atoms with Crippen LogP contribution in [0.25, 0.3) is 5.57 Å². The summed E-state index contributed by atoms with van der Waals surface area (Å²) in [6.07, 6.45) is 3.56. The van der Waals surface area contributed by atoms with E-state index in [1.165, 1.54) is 5.57 Å². The highest BCUT2D eigenvalue weighted by molar-refractivity contribution is 5.87. The lowest BCUT2D eigenvalue weighted by Gasteiger charge is -2.17. The molecule has 2 rings (SSSR count). The predicted octanol–water partition coefficient (Wildman–Crippen LogP) is 2.38. The second kappa shape index (κ2) is 4.10. The van der Waals surface area contributed by atoms with Crippen LogP contribution in [0.4, 0.5) is 0 Å². The van der Waals surface area contributed by atoms with Gasteiger partial charge in [0.1, 0.15) is 0 Å². The van der Waals surface area contributed by atoms with Gasteiger partial charge in [-0.25, -0.2) is 5.48 Å². The number of allylic oxidation sites excluding steroid dienone is 1. The van der Waals surface area contributed by atoms with Gasteiger partial charge in [0.25, 0.3) is 5.91 Å². The lowest BCUT2D eigenvalue weighted by Crippen LogP contribution is -2.34. The Bertz CT molecular complexity index is 425. The minimum atomic E-state index is -0.583. The molecule has 16 heavy (non-hydrogen) atoms. The first-order valence-electron chi connectivity index (χ1n) is 5.37. The molecule has 2 N–H and O–H groups in total. The van der Waals surface area contributed by atoms with Crippen molar-refractivity contribution in [1.82, 2.24) is 5.48 Å². The third kappa shape index (κ3) is 1.86. The van der Waals surface area contributed by atoms with Gasteiger partial charge in [0, 0.05) is 0 Å². The van der Waals surface area contributed by atoms with E-state index in [0.29, 0.717) is 0 Å². The van der Waals surface area contributed by atoms with Crippen LogP contribution < -0.4 is 5.48 Å². The molecule has 84 valence electrons. The van der Waals surface area contributed by atoms with E-state index in [2.05, 4.69) is 0 Å². The zero-order valence-electron chi connectivity index (χ0n) is 9.23. The number of nitrogens with one attached hydrogen (secondary N) is 1. The molecule has 1 aromatic rings. The summed E-state index contributed by atoms with van der Waals surface area (Å²) in [5, 5.41) is 8.69. The molecule has 0 aromatic heterocycles. The highest BCUT2D eigenvalue weighted by Gasteiger charge is 2.35. The zero-order chi connectivity index (χ0) is 11.6. The van der Waals surface area contributed by atoms with Crippen LogP contribution in [0.15, 0.2) is 36.4 Å². The highest BCUT2D eigenvalue weighted by atomic mass is 16.5. The lowest BCUT2D eigenvalue weighted by molar-refractivity contribution is -0.136. The summed E-state index contributed by atoms with van der Waals surface area (Å²) < 4.78 is 0. The van der Waals surface area contributed by atoms with Crippen molar-refractivity contribution in [1.29, 1.82) is 0 Å². The molecular formula is C13H15NO2. The highest BCUT2D eigenvalue weighted by Crippen LogP contribution is 2.40. The van der Waals surface area contributed by atoms with Crippen molar-refractivity contribution in [2.75, 3.05) is 0 Å². The zero-order valence-corrected chi connectivity index (χ0v) is 9.23. The molecule has 0 aliphatic heterocycles. The first kappa shape index (κ1) is 10.9. The number of hydroxylamine groups is 1. The van der Waals surface area contributed by atoms with Crippen LogP contribution in [-0.4, -0.2) is 11.1 Å². The van der Waals surface area contributed by atoms with Gasteiger partial charge in [0.15, 0.2) is 0 Å². The van der Waals surface area contributed by atoms with Crippen LogP contribution in [0.2, 0.25) is 0 Å². The summed E-state index contributed by atoms with van der Waals surface area (Å²) in [5.41, 5.74) is 3.48. The Kier molecular flexibility index (Phi) is 2.79. The largest absolute Gasteiger partial charge is 0.289 e.